The lowest BCUT2D eigenvalue weighted by Crippen LogP contribution is -2.37. The second kappa shape index (κ2) is 6.00. The summed E-state index contributed by atoms with van der Waals surface area (Å²) in [6.45, 7) is 4.59. The molecule has 6 nitrogen and oxygen atoms in total. The molecule has 4 rings (SSSR count). The number of nitrogens with zero attached hydrogens (tertiary/aromatic N) is 2. The first-order valence-electron chi connectivity index (χ1n) is 8.55. The number of phenols is 1. The molecule has 0 fully saturated rings. The van der Waals surface area contributed by atoms with Gasteiger partial charge in [-0.25, -0.2) is 5.43 Å². The molecular weight excluding hydrogens is 328 g/mol. The Morgan fingerprint density at radius 3 is 2.73 bits per heavy atom. The highest BCUT2D eigenvalue weighted by molar-refractivity contribution is 6.17. The number of benzene rings is 2. The first-order valence-corrected chi connectivity index (χ1v) is 8.55. The summed E-state index contributed by atoms with van der Waals surface area (Å²) in [7, 11) is 2.01. The molecule has 0 unspecified atom stereocenters. The van der Waals surface area contributed by atoms with Crippen LogP contribution in [0.1, 0.15) is 23.0 Å². The van der Waals surface area contributed by atoms with Gasteiger partial charge in [0.15, 0.2) is 0 Å². The number of fused-ring (bicyclic) bond motifs is 4. The minimum absolute atomic E-state index is 0.221. The molecule has 26 heavy (non-hydrogen) atoms. The molecule has 6 heteroatoms. The van der Waals surface area contributed by atoms with E-state index in [1.54, 1.807) is 18.3 Å². The number of nitrogens with one attached hydrogen (secondary N) is 2. The van der Waals surface area contributed by atoms with Gasteiger partial charge in [-0.15, -0.1) is 0 Å². The summed E-state index contributed by atoms with van der Waals surface area (Å²) in [5.41, 5.74) is 9.07. The fourth-order valence-corrected chi connectivity index (χ4v) is 3.69. The van der Waals surface area contributed by atoms with Gasteiger partial charge in [0.25, 0.3) is 5.91 Å². The van der Waals surface area contributed by atoms with Gasteiger partial charge in [-0.2, -0.15) is 0 Å². The van der Waals surface area contributed by atoms with Crippen LogP contribution < -0.4 is 10.9 Å². The van der Waals surface area contributed by atoms with Crippen molar-refractivity contribution in [2.45, 2.75) is 13.8 Å². The number of aromatic nitrogens is 2. The predicted molar refractivity (Wildman–Crippen MR) is 103 cm³/mol. The molecule has 0 aliphatic carbocycles. The van der Waals surface area contributed by atoms with E-state index in [0.717, 1.165) is 38.1 Å². The van der Waals surface area contributed by atoms with Crippen LogP contribution in [-0.2, 0) is 7.05 Å². The number of aryl methyl sites for hydroxylation is 2. The Bertz CT molecular complexity index is 1180. The van der Waals surface area contributed by atoms with Crippen LogP contribution in [0.25, 0.3) is 32.6 Å². The monoisotopic (exact) mass is 348 g/mol. The maximum Gasteiger partial charge on any atom is 0.284 e. The predicted octanol–water partition coefficient (Wildman–Crippen LogP) is 3.15. The average Bonchev–Trinajstić information content (AvgIpc) is 2.91. The Morgan fingerprint density at radius 2 is 1.96 bits per heavy atom. The molecule has 2 aromatic carbocycles. The van der Waals surface area contributed by atoms with Crippen molar-refractivity contribution in [3.63, 3.8) is 0 Å². The van der Waals surface area contributed by atoms with Crippen molar-refractivity contribution < 1.29 is 9.90 Å². The second-order valence-corrected chi connectivity index (χ2v) is 6.40. The lowest BCUT2D eigenvalue weighted by Gasteiger charge is -2.11. The number of carbonyl (C=O) groups is 1. The summed E-state index contributed by atoms with van der Waals surface area (Å²) in [5.74, 6) is -0.0432. The number of rotatable bonds is 3. The van der Waals surface area contributed by atoms with Gasteiger partial charge in [-0.1, -0.05) is 6.92 Å². The van der Waals surface area contributed by atoms with Gasteiger partial charge in [0.1, 0.15) is 11.4 Å². The Kier molecular flexibility index (Phi) is 3.77. The number of hydrogen-bond acceptors (Lipinski definition) is 4. The third-order valence-electron chi connectivity index (χ3n) is 4.85. The Morgan fingerprint density at radius 1 is 1.15 bits per heavy atom. The molecule has 2 heterocycles. The lowest BCUT2D eigenvalue weighted by molar-refractivity contribution is 0.0931. The Labute approximate surface area is 150 Å². The largest absolute Gasteiger partial charge is 0.508 e. The van der Waals surface area contributed by atoms with Crippen LogP contribution in [0.15, 0.2) is 36.5 Å². The molecule has 0 radical (unpaired) electrons. The van der Waals surface area contributed by atoms with E-state index in [-0.39, 0.29) is 11.7 Å². The fraction of sp³-hybridized carbons (Fsp3) is 0.200. The first-order chi connectivity index (χ1) is 12.5. The number of pyridine rings is 1. The van der Waals surface area contributed by atoms with Crippen molar-refractivity contribution in [1.82, 2.24) is 20.4 Å². The molecule has 2 aromatic heterocycles. The molecule has 0 spiro atoms. The summed E-state index contributed by atoms with van der Waals surface area (Å²) in [6.07, 6.45) is 1.66. The Balaban J connectivity index is 2.10. The van der Waals surface area contributed by atoms with Gasteiger partial charge in [0.2, 0.25) is 0 Å². The third kappa shape index (κ3) is 2.30. The van der Waals surface area contributed by atoms with Crippen molar-refractivity contribution in [3.05, 3.63) is 47.8 Å². The standard InChI is InChI=1S/C20H20N4O2/c1-4-22-23-20(26)18-15-10-16-14-9-12(25)5-6-17(14)24(3)19(16)11(2)13(15)7-8-21-18/h5-10,22,25H,4H2,1-3H3,(H,23,26). The number of hydrazine groups is 1. The quantitative estimate of drug-likeness (QED) is 0.497. The lowest BCUT2D eigenvalue weighted by atomic mass is 10.00. The van der Waals surface area contributed by atoms with E-state index in [0.29, 0.717) is 12.2 Å². The second-order valence-electron chi connectivity index (χ2n) is 6.40. The zero-order valence-corrected chi connectivity index (χ0v) is 14.9. The molecule has 0 aliphatic rings. The van der Waals surface area contributed by atoms with Crippen LogP contribution in [0.4, 0.5) is 0 Å². The summed E-state index contributed by atoms with van der Waals surface area (Å²) in [4.78, 5) is 16.8. The average molecular weight is 348 g/mol. The van der Waals surface area contributed by atoms with E-state index in [4.69, 9.17) is 0 Å². The van der Waals surface area contributed by atoms with Crippen LogP contribution in [0, 0.1) is 6.92 Å². The molecule has 1 amide bonds. The fourth-order valence-electron chi connectivity index (χ4n) is 3.69. The SMILES string of the molecule is CCNNC(=O)c1nccc2c(C)c3c(cc12)c1cc(O)ccc1n3C. The normalized spacial score (nSPS) is 11.5. The van der Waals surface area contributed by atoms with Gasteiger partial charge in [0.05, 0.1) is 5.52 Å². The van der Waals surface area contributed by atoms with Gasteiger partial charge in [-0.3, -0.25) is 15.2 Å². The number of carbonyl (C=O) groups excluding carboxylic acids is 1. The van der Waals surface area contributed by atoms with Gasteiger partial charge < -0.3 is 9.67 Å². The van der Waals surface area contributed by atoms with Crippen molar-refractivity contribution in [3.8, 4) is 5.75 Å². The molecule has 4 aromatic rings. The van der Waals surface area contributed by atoms with Crippen molar-refractivity contribution >= 4 is 38.5 Å². The van der Waals surface area contributed by atoms with E-state index in [2.05, 4.69) is 27.3 Å². The van der Waals surface area contributed by atoms with Gasteiger partial charge in [0, 0.05) is 41.5 Å². The van der Waals surface area contributed by atoms with Crippen LogP contribution in [-0.4, -0.2) is 27.1 Å². The number of amides is 1. The smallest absolute Gasteiger partial charge is 0.284 e. The molecule has 0 saturated carbocycles. The van der Waals surface area contributed by atoms with E-state index in [1.807, 2.05) is 32.2 Å². The number of aromatic hydroxyl groups is 1. The highest BCUT2D eigenvalue weighted by Gasteiger charge is 2.18. The summed E-state index contributed by atoms with van der Waals surface area (Å²) in [5, 5.41) is 13.7. The highest BCUT2D eigenvalue weighted by Crippen LogP contribution is 2.36. The summed E-state index contributed by atoms with van der Waals surface area (Å²) < 4.78 is 2.12. The number of phenolic OH excluding ortho intramolecular Hbond substituents is 1. The van der Waals surface area contributed by atoms with Crippen molar-refractivity contribution in [1.29, 1.82) is 0 Å². The minimum atomic E-state index is -0.265. The van der Waals surface area contributed by atoms with Crippen molar-refractivity contribution in [2.75, 3.05) is 6.54 Å². The van der Waals surface area contributed by atoms with Gasteiger partial charge in [-0.05, 0) is 48.2 Å². The van der Waals surface area contributed by atoms with E-state index in [1.165, 1.54) is 0 Å². The van der Waals surface area contributed by atoms with E-state index < -0.39 is 0 Å². The summed E-state index contributed by atoms with van der Waals surface area (Å²) in [6, 6.07) is 9.28. The molecule has 0 atom stereocenters. The first kappa shape index (κ1) is 16.4. The summed E-state index contributed by atoms with van der Waals surface area (Å²) >= 11 is 0. The maximum atomic E-state index is 12.5. The van der Waals surface area contributed by atoms with Crippen LogP contribution in [0.5, 0.6) is 5.75 Å². The molecule has 0 bridgehead atoms. The zero-order valence-electron chi connectivity index (χ0n) is 14.9. The highest BCUT2D eigenvalue weighted by atomic mass is 16.3. The van der Waals surface area contributed by atoms with E-state index >= 15 is 0 Å². The third-order valence-corrected chi connectivity index (χ3v) is 4.85. The molecule has 0 aliphatic heterocycles. The van der Waals surface area contributed by atoms with Crippen LogP contribution >= 0.6 is 0 Å². The topological polar surface area (TPSA) is 79.2 Å². The zero-order chi connectivity index (χ0) is 18.4. The van der Waals surface area contributed by atoms with Gasteiger partial charge >= 0.3 is 0 Å². The van der Waals surface area contributed by atoms with Crippen LogP contribution in [0.2, 0.25) is 0 Å². The minimum Gasteiger partial charge on any atom is -0.508 e. The molecule has 0 saturated heterocycles. The van der Waals surface area contributed by atoms with Crippen molar-refractivity contribution in [2.24, 2.45) is 7.05 Å². The van der Waals surface area contributed by atoms with Crippen LogP contribution in [0.3, 0.4) is 0 Å². The molecular formula is C20H20N4O2. The molecule has 132 valence electrons. The molecule has 3 N–H and O–H groups in total. The number of hydrogen-bond donors (Lipinski definition) is 3. The maximum absolute atomic E-state index is 12.5. The Hall–Kier alpha value is -3.12. The van der Waals surface area contributed by atoms with E-state index in [9.17, 15) is 9.90 Å².